The SMILES string of the molecule is NC(=O)N1C[C@@H]2CCCN[C@@H]2C1. The molecule has 4 nitrogen and oxygen atoms in total. The molecule has 0 saturated carbocycles. The van der Waals surface area contributed by atoms with Crippen molar-refractivity contribution in [1.29, 1.82) is 0 Å². The molecule has 2 aliphatic rings. The topological polar surface area (TPSA) is 58.4 Å². The largest absolute Gasteiger partial charge is 0.351 e. The van der Waals surface area contributed by atoms with E-state index in [1.54, 1.807) is 4.90 Å². The number of nitrogens with two attached hydrogens (primary N) is 1. The Hall–Kier alpha value is -0.770. The Bertz CT molecular complexity index is 181. The second-order valence-corrected chi connectivity index (χ2v) is 3.71. The van der Waals surface area contributed by atoms with Crippen LogP contribution in [-0.2, 0) is 0 Å². The zero-order valence-electron chi connectivity index (χ0n) is 7.12. The van der Waals surface area contributed by atoms with Crippen molar-refractivity contribution in [3.63, 3.8) is 0 Å². The van der Waals surface area contributed by atoms with Gasteiger partial charge in [0.1, 0.15) is 0 Å². The highest BCUT2D eigenvalue weighted by Crippen LogP contribution is 2.24. The highest BCUT2D eigenvalue weighted by Gasteiger charge is 2.35. The fourth-order valence-corrected chi connectivity index (χ4v) is 2.23. The molecule has 0 spiro atoms. The van der Waals surface area contributed by atoms with Gasteiger partial charge in [0, 0.05) is 19.1 Å². The van der Waals surface area contributed by atoms with Gasteiger partial charge in [0.2, 0.25) is 0 Å². The Balaban J connectivity index is 1.98. The van der Waals surface area contributed by atoms with Gasteiger partial charge in [0.05, 0.1) is 0 Å². The monoisotopic (exact) mass is 169 g/mol. The number of piperidine rings is 1. The van der Waals surface area contributed by atoms with Gasteiger partial charge in [-0.25, -0.2) is 4.79 Å². The van der Waals surface area contributed by atoms with Crippen LogP contribution in [0.2, 0.25) is 0 Å². The number of hydrogen-bond donors (Lipinski definition) is 2. The molecule has 2 saturated heterocycles. The van der Waals surface area contributed by atoms with Crippen molar-refractivity contribution in [1.82, 2.24) is 10.2 Å². The van der Waals surface area contributed by atoms with E-state index < -0.39 is 0 Å². The van der Waals surface area contributed by atoms with Crippen LogP contribution in [0.15, 0.2) is 0 Å². The van der Waals surface area contributed by atoms with Gasteiger partial charge in [-0.1, -0.05) is 0 Å². The quantitative estimate of drug-likeness (QED) is 0.525. The summed E-state index contributed by atoms with van der Waals surface area (Å²) in [7, 11) is 0. The van der Waals surface area contributed by atoms with E-state index >= 15 is 0 Å². The van der Waals surface area contributed by atoms with Crippen molar-refractivity contribution < 1.29 is 4.79 Å². The van der Waals surface area contributed by atoms with Gasteiger partial charge in [-0.2, -0.15) is 0 Å². The summed E-state index contributed by atoms with van der Waals surface area (Å²) in [6, 6.07) is 0.234. The van der Waals surface area contributed by atoms with Crippen molar-refractivity contribution in [2.24, 2.45) is 11.7 Å². The molecular formula is C8H15N3O. The average molecular weight is 169 g/mol. The number of hydrogen-bond acceptors (Lipinski definition) is 2. The van der Waals surface area contributed by atoms with Crippen LogP contribution < -0.4 is 11.1 Å². The molecule has 0 aromatic carbocycles. The third-order valence-corrected chi connectivity index (χ3v) is 2.91. The molecule has 0 aromatic heterocycles. The van der Waals surface area contributed by atoms with E-state index in [1.165, 1.54) is 12.8 Å². The third kappa shape index (κ3) is 1.27. The highest BCUT2D eigenvalue weighted by molar-refractivity contribution is 5.72. The van der Waals surface area contributed by atoms with Crippen LogP contribution in [0, 0.1) is 5.92 Å². The summed E-state index contributed by atoms with van der Waals surface area (Å²) in [5.74, 6) is 0.645. The van der Waals surface area contributed by atoms with E-state index in [4.69, 9.17) is 5.73 Å². The molecule has 0 radical (unpaired) electrons. The van der Waals surface area contributed by atoms with Crippen LogP contribution in [0.1, 0.15) is 12.8 Å². The molecule has 12 heavy (non-hydrogen) atoms. The minimum atomic E-state index is -0.272. The van der Waals surface area contributed by atoms with Crippen LogP contribution in [0.4, 0.5) is 4.79 Å². The lowest BCUT2D eigenvalue weighted by atomic mass is 9.94. The number of carbonyl (C=O) groups excluding carboxylic acids is 1. The second-order valence-electron chi connectivity index (χ2n) is 3.71. The minimum absolute atomic E-state index is 0.272. The lowest BCUT2D eigenvalue weighted by molar-refractivity contribution is 0.216. The van der Waals surface area contributed by atoms with Gasteiger partial charge in [0.25, 0.3) is 0 Å². The smallest absolute Gasteiger partial charge is 0.314 e. The first-order valence-electron chi connectivity index (χ1n) is 4.55. The number of fused-ring (bicyclic) bond motifs is 1. The van der Waals surface area contributed by atoms with Crippen molar-refractivity contribution in [3.05, 3.63) is 0 Å². The summed E-state index contributed by atoms with van der Waals surface area (Å²) in [5.41, 5.74) is 5.21. The average Bonchev–Trinajstić information content (AvgIpc) is 2.46. The molecule has 0 bridgehead atoms. The van der Waals surface area contributed by atoms with Crippen molar-refractivity contribution in [2.75, 3.05) is 19.6 Å². The summed E-state index contributed by atoms with van der Waals surface area (Å²) in [4.78, 5) is 12.6. The van der Waals surface area contributed by atoms with Gasteiger partial charge < -0.3 is 16.0 Å². The van der Waals surface area contributed by atoms with Gasteiger partial charge in [0.15, 0.2) is 0 Å². The molecular weight excluding hydrogens is 154 g/mol. The molecule has 4 heteroatoms. The first kappa shape index (κ1) is 7.86. The molecule has 68 valence electrons. The standard InChI is InChI=1S/C8H15N3O/c9-8(12)11-4-6-2-1-3-10-7(6)5-11/h6-7,10H,1-5H2,(H2,9,12)/t6-,7+/m0/s1. The Kier molecular flexibility index (Phi) is 1.92. The Morgan fingerprint density at radius 2 is 2.33 bits per heavy atom. The molecule has 3 N–H and O–H groups in total. The predicted octanol–water partition coefficient (Wildman–Crippen LogP) is -0.251. The Morgan fingerprint density at radius 3 is 3.00 bits per heavy atom. The van der Waals surface area contributed by atoms with Crippen molar-refractivity contribution in [3.8, 4) is 0 Å². The number of nitrogens with one attached hydrogen (secondary N) is 1. The van der Waals surface area contributed by atoms with E-state index in [0.717, 1.165) is 19.6 Å². The number of amides is 2. The molecule has 2 aliphatic heterocycles. The van der Waals surface area contributed by atoms with Crippen LogP contribution >= 0.6 is 0 Å². The summed E-state index contributed by atoms with van der Waals surface area (Å²) < 4.78 is 0. The van der Waals surface area contributed by atoms with Gasteiger partial charge >= 0.3 is 6.03 Å². The summed E-state index contributed by atoms with van der Waals surface area (Å²) in [6.45, 7) is 2.75. The van der Waals surface area contributed by atoms with Crippen LogP contribution in [0.3, 0.4) is 0 Å². The number of carbonyl (C=O) groups is 1. The lowest BCUT2D eigenvalue weighted by Crippen LogP contribution is -2.41. The molecule has 2 heterocycles. The Morgan fingerprint density at radius 1 is 1.50 bits per heavy atom. The molecule has 2 atom stereocenters. The fraction of sp³-hybridized carbons (Fsp3) is 0.875. The van der Waals surface area contributed by atoms with Crippen molar-refractivity contribution >= 4 is 6.03 Å². The number of likely N-dealkylation sites (tertiary alicyclic amines) is 1. The maximum absolute atomic E-state index is 10.9. The lowest BCUT2D eigenvalue weighted by Gasteiger charge is -2.24. The zero-order chi connectivity index (χ0) is 8.55. The zero-order valence-corrected chi connectivity index (χ0v) is 7.12. The number of primary amides is 1. The first-order chi connectivity index (χ1) is 5.77. The van der Waals surface area contributed by atoms with Crippen LogP contribution in [-0.4, -0.2) is 36.6 Å². The second kappa shape index (κ2) is 2.94. The van der Waals surface area contributed by atoms with E-state index in [-0.39, 0.29) is 6.03 Å². The maximum Gasteiger partial charge on any atom is 0.314 e. The number of nitrogens with zero attached hydrogens (tertiary/aromatic N) is 1. The normalized spacial score (nSPS) is 34.8. The first-order valence-corrected chi connectivity index (χ1v) is 4.55. The van der Waals surface area contributed by atoms with E-state index in [9.17, 15) is 4.79 Å². The van der Waals surface area contributed by atoms with E-state index in [2.05, 4.69) is 5.32 Å². The van der Waals surface area contributed by atoms with Gasteiger partial charge in [-0.3, -0.25) is 0 Å². The molecule has 0 aliphatic carbocycles. The number of urea groups is 1. The summed E-state index contributed by atoms with van der Waals surface area (Å²) in [5, 5.41) is 3.42. The van der Waals surface area contributed by atoms with Crippen LogP contribution in [0.25, 0.3) is 0 Å². The molecule has 2 rings (SSSR count). The molecule has 0 unspecified atom stereocenters. The summed E-state index contributed by atoms with van der Waals surface area (Å²) in [6.07, 6.45) is 2.47. The molecule has 0 aromatic rings. The minimum Gasteiger partial charge on any atom is -0.351 e. The highest BCUT2D eigenvalue weighted by atomic mass is 16.2. The third-order valence-electron chi connectivity index (χ3n) is 2.91. The van der Waals surface area contributed by atoms with Gasteiger partial charge in [-0.15, -0.1) is 0 Å². The maximum atomic E-state index is 10.9. The van der Waals surface area contributed by atoms with E-state index in [0.29, 0.717) is 12.0 Å². The fourth-order valence-electron chi connectivity index (χ4n) is 2.23. The van der Waals surface area contributed by atoms with Gasteiger partial charge in [-0.05, 0) is 25.3 Å². The predicted molar refractivity (Wildman–Crippen MR) is 45.7 cm³/mol. The van der Waals surface area contributed by atoms with Crippen molar-refractivity contribution in [2.45, 2.75) is 18.9 Å². The number of rotatable bonds is 0. The van der Waals surface area contributed by atoms with Crippen LogP contribution in [0.5, 0.6) is 0 Å². The van der Waals surface area contributed by atoms with E-state index in [1.807, 2.05) is 0 Å². The summed E-state index contributed by atoms with van der Waals surface area (Å²) >= 11 is 0. The molecule has 2 fully saturated rings. The molecule has 2 amide bonds. The Labute approximate surface area is 72.1 Å².